The summed E-state index contributed by atoms with van der Waals surface area (Å²) in [6, 6.07) is 4.09. The first-order valence-corrected chi connectivity index (χ1v) is 8.38. The van der Waals surface area contributed by atoms with Crippen LogP contribution in [0.1, 0.15) is 12.8 Å². The van der Waals surface area contributed by atoms with Crippen molar-refractivity contribution in [2.24, 2.45) is 5.41 Å². The second-order valence-corrected chi connectivity index (χ2v) is 6.68. The molecule has 7 heteroatoms. The van der Waals surface area contributed by atoms with E-state index in [4.69, 9.17) is 9.47 Å². The molecule has 0 atom stereocenters. The van der Waals surface area contributed by atoms with Crippen molar-refractivity contribution >= 4 is 21.8 Å². The number of nitrogens with one attached hydrogen (secondary N) is 2. The summed E-state index contributed by atoms with van der Waals surface area (Å²) in [5.74, 6) is -0.119. The second kappa shape index (κ2) is 8.61. The third kappa shape index (κ3) is 5.44. The topological polar surface area (TPSA) is 59.6 Å². The normalized spacial score (nSPS) is 16.8. The zero-order chi connectivity index (χ0) is 16.7. The summed E-state index contributed by atoms with van der Waals surface area (Å²) in [5.41, 5.74) is -0.0217. The van der Waals surface area contributed by atoms with Crippen molar-refractivity contribution in [2.45, 2.75) is 12.8 Å². The van der Waals surface area contributed by atoms with Gasteiger partial charge in [0, 0.05) is 19.1 Å². The Kier molecular flexibility index (Phi) is 6.80. The number of rotatable bonds is 7. The molecule has 0 unspecified atom stereocenters. The van der Waals surface area contributed by atoms with Crippen LogP contribution >= 0.6 is 15.9 Å². The number of amides is 1. The Balaban J connectivity index is 1.81. The van der Waals surface area contributed by atoms with Crippen molar-refractivity contribution in [3.05, 3.63) is 28.5 Å². The fraction of sp³-hybridized carbons (Fsp3) is 0.562. The highest BCUT2D eigenvalue weighted by atomic mass is 79.9. The van der Waals surface area contributed by atoms with Gasteiger partial charge in [-0.05, 0) is 60.1 Å². The van der Waals surface area contributed by atoms with E-state index in [1.807, 2.05) is 0 Å². The van der Waals surface area contributed by atoms with Gasteiger partial charge in [-0.2, -0.15) is 0 Å². The highest BCUT2D eigenvalue weighted by molar-refractivity contribution is 9.10. The molecule has 1 fully saturated rings. The highest BCUT2D eigenvalue weighted by Gasteiger charge is 2.32. The summed E-state index contributed by atoms with van der Waals surface area (Å²) in [6.45, 7) is 2.94. The number of halogens is 2. The zero-order valence-electron chi connectivity index (χ0n) is 13.2. The third-order valence-corrected chi connectivity index (χ3v) is 4.65. The van der Waals surface area contributed by atoms with Crippen molar-refractivity contribution in [2.75, 3.05) is 40.0 Å². The van der Waals surface area contributed by atoms with Gasteiger partial charge in [0.1, 0.15) is 11.6 Å². The molecule has 0 radical (unpaired) electrons. The molecule has 5 nitrogen and oxygen atoms in total. The number of ether oxygens (including phenoxy) is 2. The largest absolute Gasteiger partial charge is 0.483 e. The van der Waals surface area contributed by atoms with E-state index in [-0.39, 0.29) is 23.7 Å². The average molecular weight is 389 g/mol. The molecule has 1 aliphatic rings. The molecule has 1 saturated heterocycles. The Morgan fingerprint density at radius 1 is 1.43 bits per heavy atom. The molecule has 23 heavy (non-hydrogen) atoms. The lowest BCUT2D eigenvalue weighted by Crippen LogP contribution is -2.47. The van der Waals surface area contributed by atoms with E-state index in [1.54, 1.807) is 7.11 Å². The zero-order valence-corrected chi connectivity index (χ0v) is 14.7. The highest BCUT2D eigenvalue weighted by Crippen LogP contribution is 2.28. The smallest absolute Gasteiger partial charge is 0.257 e. The molecule has 0 bridgehead atoms. The predicted molar refractivity (Wildman–Crippen MR) is 89.0 cm³/mol. The van der Waals surface area contributed by atoms with Crippen LogP contribution < -0.4 is 15.4 Å². The molecule has 2 rings (SSSR count). The van der Waals surface area contributed by atoms with Crippen LogP contribution in [-0.2, 0) is 9.53 Å². The Morgan fingerprint density at radius 3 is 2.83 bits per heavy atom. The maximum absolute atomic E-state index is 13.0. The summed E-state index contributed by atoms with van der Waals surface area (Å²) in [6.07, 6.45) is 1.93. The number of piperidine rings is 1. The number of carbonyl (C=O) groups is 1. The van der Waals surface area contributed by atoms with Crippen molar-refractivity contribution in [3.63, 3.8) is 0 Å². The Labute approximate surface area is 144 Å². The van der Waals surface area contributed by atoms with Crippen LogP contribution in [0, 0.1) is 11.2 Å². The fourth-order valence-electron chi connectivity index (χ4n) is 2.71. The van der Waals surface area contributed by atoms with E-state index in [0.29, 0.717) is 23.4 Å². The number of hydrogen-bond acceptors (Lipinski definition) is 4. The lowest BCUT2D eigenvalue weighted by Gasteiger charge is -2.37. The van der Waals surface area contributed by atoms with Gasteiger partial charge in [0.2, 0.25) is 0 Å². The number of carbonyl (C=O) groups excluding carboxylic acids is 1. The molecule has 0 aromatic heterocycles. The van der Waals surface area contributed by atoms with Crippen LogP contribution in [0.3, 0.4) is 0 Å². The summed E-state index contributed by atoms with van der Waals surface area (Å²) in [4.78, 5) is 12.0. The standard InChI is InChI=1S/C16H22BrFN2O3/c1-22-11-16(4-6-19-7-5-16)10-20-15(21)9-23-14-3-2-12(18)8-13(14)17/h2-3,8,19H,4-7,9-11H2,1H3,(H,20,21). The molecular weight excluding hydrogens is 367 g/mol. The van der Waals surface area contributed by atoms with Gasteiger partial charge in [-0.3, -0.25) is 4.79 Å². The average Bonchev–Trinajstić information content (AvgIpc) is 2.53. The summed E-state index contributed by atoms with van der Waals surface area (Å²) in [5, 5.41) is 6.23. The van der Waals surface area contributed by atoms with E-state index in [0.717, 1.165) is 25.9 Å². The van der Waals surface area contributed by atoms with Gasteiger partial charge in [-0.15, -0.1) is 0 Å². The SMILES string of the molecule is COCC1(CNC(=O)COc2ccc(F)cc2Br)CCNCC1. The number of methoxy groups -OCH3 is 1. The molecule has 128 valence electrons. The number of hydrogen-bond donors (Lipinski definition) is 2. The minimum Gasteiger partial charge on any atom is -0.483 e. The van der Waals surface area contributed by atoms with E-state index >= 15 is 0 Å². The monoisotopic (exact) mass is 388 g/mol. The van der Waals surface area contributed by atoms with Gasteiger partial charge < -0.3 is 20.1 Å². The van der Waals surface area contributed by atoms with Crippen molar-refractivity contribution in [1.82, 2.24) is 10.6 Å². The molecule has 0 spiro atoms. The first-order chi connectivity index (χ1) is 11.0. The Morgan fingerprint density at radius 2 is 2.17 bits per heavy atom. The van der Waals surface area contributed by atoms with Crippen LogP contribution in [-0.4, -0.2) is 45.9 Å². The first-order valence-electron chi connectivity index (χ1n) is 7.59. The molecule has 0 saturated carbocycles. The minimum absolute atomic E-state index is 0.0217. The van der Waals surface area contributed by atoms with Gasteiger partial charge in [0.15, 0.2) is 6.61 Å². The maximum atomic E-state index is 13.0. The molecule has 1 aromatic carbocycles. The van der Waals surface area contributed by atoms with Gasteiger partial charge >= 0.3 is 0 Å². The summed E-state index contributed by atoms with van der Waals surface area (Å²) in [7, 11) is 1.68. The Hall–Kier alpha value is -1.18. The van der Waals surface area contributed by atoms with Gasteiger partial charge in [0.25, 0.3) is 5.91 Å². The summed E-state index contributed by atoms with van der Waals surface area (Å²) < 4.78 is 24.2. The third-order valence-electron chi connectivity index (χ3n) is 4.03. The van der Waals surface area contributed by atoms with Crippen molar-refractivity contribution < 1.29 is 18.7 Å². The molecule has 0 aliphatic carbocycles. The minimum atomic E-state index is -0.360. The van der Waals surface area contributed by atoms with Gasteiger partial charge in [0.05, 0.1) is 11.1 Å². The maximum Gasteiger partial charge on any atom is 0.257 e. The molecule has 1 aromatic rings. The van der Waals surface area contributed by atoms with Crippen molar-refractivity contribution in [3.8, 4) is 5.75 Å². The number of benzene rings is 1. The van der Waals surface area contributed by atoms with E-state index in [9.17, 15) is 9.18 Å². The van der Waals surface area contributed by atoms with Crippen molar-refractivity contribution in [1.29, 1.82) is 0 Å². The first kappa shape index (κ1) is 18.2. The molecule has 1 heterocycles. The van der Waals surface area contributed by atoms with E-state index in [1.165, 1.54) is 18.2 Å². The Bertz CT molecular complexity index is 531. The molecule has 1 amide bonds. The van der Waals surface area contributed by atoms with Crippen LogP contribution in [0.4, 0.5) is 4.39 Å². The molecular formula is C16H22BrFN2O3. The lowest BCUT2D eigenvalue weighted by atomic mass is 9.79. The lowest BCUT2D eigenvalue weighted by molar-refractivity contribution is -0.124. The van der Waals surface area contributed by atoms with Gasteiger partial charge in [-0.25, -0.2) is 4.39 Å². The van der Waals surface area contributed by atoms with Crippen LogP contribution in [0.2, 0.25) is 0 Å². The van der Waals surface area contributed by atoms with Crippen LogP contribution in [0.5, 0.6) is 5.75 Å². The molecule has 1 aliphatic heterocycles. The van der Waals surface area contributed by atoms with Crippen LogP contribution in [0.25, 0.3) is 0 Å². The van der Waals surface area contributed by atoms with E-state index in [2.05, 4.69) is 26.6 Å². The predicted octanol–water partition coefficient (Wildman–Crippen LogP) is 2.10. The second-order valence-electron chi connectivity index (χ2n) is 5.82. The van der Waals surface area contributed by atoms with Gasteiger partial charge in [-0.1, -0.05) is 0 Å². The summed E-state index contributed by atoms with van der Waals surface area (Å²) >= 11 is 3.21. The quantitative estimate of drug-likeness (QED) is 0.750. The van der Waals surface area contributed by atoms with E-state index < -0.39 is 0 Å². The van der Waals surface area contributed by atoms with Crippen LogP contribution in [0.15, 0.2) is 22.7 Å². The molecule has 2 N–H and O–H groups in total. The fourth-order valence-corrected chi connectivity index (χ4v) is 3.17.